The largest absolute Gasteiger partial charge is 0.357 e. The fourth-order valence-electron chi connectivity index (χ4n) is 2.55. The number of hydrogen-bond acceptors (Lipinski definition) is 3. The Morgan fingerprint density at radius 2 is 1.61 bits per heavy atom. The van der Waals surface area contributed by atoms with Crippen molar-refractivity contribution in [1.29, 1.82) is 0 Å². The molecule has 0 bridgehead atoms. The molecule has 0 aliphatic heterocycles. The van der Waals surface area contributed by atoms with E-state index in [1.165, 1.54) is 0 Å². The first-order chi connectivity index (χ1) is 11.0. The van der Waals surface area contributed by atoms with Crippen molar-refractivity contribution in [2.45, 2.75) is 54.0 Å². The van der Waals surface area contributed by atoms with Crippen molar-refractivity contribution in [2.24, 2.45) is 4.99 Å². The third kappa shape index (κ3) is 8.79. The zero-order valence-corrected chi connectivity index (χ0v) is 16.0. The molecule has 1 amide bonds. The van der Waals surface area contributed by atoms with Crippen molar-refractivity contribution in [3.05, 3.63) is 0 Å². The molecule has 1 unspecified atom stereocenters. The maximum Gasteiger partial charge on any atom is 0.224 e. The molecule has 23 heavy (non-hydrogen) atoms. The summed E-state index contributed by atoms with van der Waals surface area (Å²) < 4.78 is 0. The Bertz CT molecular complexity index is 338. The van der Waals surface area contributed by atoms with Crippen LogP contribution in [0.15, 0.2) is 4.99 Å². The van der Waals surface area contributed by atoms with Gasteiger partial charge in [-0.05, 0) is 40.8 Å². The van der Waals surface area contributed by atoms with Crippen molar-refractivity contribution in [2.75, 3.05) is 45.8 Å². The number of rotatable bonds is 11. The van der Waals surface area contributed by atoms with E-state index in [1.807, 2.05) is 25.7 Å². The summed E-state index contributed by atoms with van der Waals surface area (Å²) in [5.74, 6) is 0.980. The van der Waals surface area contributed by atoms with Crippen molar-refractivity contribution < 1.29 is 4.79 Å². The summed E-state index contributed by atoms with van der Waals surface area (Å²) in [6, 6.07) is 0.415. The summed E-state index contributed by atoms with van der Waals surface area (Å²) in [6.07, 6.45) is 0.498. The minimum Gasteiger partial charge on any atom is -0.357 e. The summed E-state index contributed by atoms with van der Waals surface area (Å²) in [5.41, 5.74) is 0. The molecule has 0 aromatic carbocycles. The zero-order chi connectivity index (χ0) is 17.7. The molecular formula is C17H37N5O. The van der Waals surface area contributed by atoms with Crippen LogP contribution in [0.25, 0.3) is 0 Å². The highest BCUT2D eigenvalue weighted by Crippen LogP contribution is 1.98. The highest BCUT2D eigenvalue weighted by Gasteiger charge is 2.11. The Hall–Kier alpha value is -1.30. The summed E-state index contributed by atoms with van der Waals surface area (Å²) in [4.78, 5) is 20.9. The van der Waals surface area contributed by atoms with Crippen LogP contribution in [-0.2, 0) is 4.79 Å². The lowest BCUT2D eigenvalue weighted by atomic mass is 10.3. The van der Waals surface area contributed by atoms with Crippen LogP contribution in [0.1, 0.15) is 48.0 Å². The van der Waals surface area contributed by atoms with Gasteiger partial charge < -0.3 is 15.5 Å². The molecule has 0 saturated heterocycles. The molecule has 136 valence electrons. The lowest BCUT2D eigenvalue weighted by Gasteiger charge is -2.25. The standard InChI is InChI=1S/C17H37N5O/c1-7-18-17(20-14-15(6)21(8-2)9-3)19-13-12-16(23)22(10-4)11-5/h15H,7-14H2,1-6H3,(H2,18,19,20). The predicted octanol–water partition coefficient (Wildman–Crippen LogP) is 1.53. The molecule has 0 aromatic heterocycles. The van der Waals surface area contributed by atoms with Crippen LogP contribution >= 0.6 is 0 Å². The van der Waals surface area contributed by atoms with Gasteiger partial charge in [0.15, 0.2) is 5.96 Å². The topological polar surface area (TPSA) is 60.0 Å². The minimum atomic E-state index is 0.190. The van der Waals surface area contributed by atoms with Gasteiger partial charge >= 0.3 is 0 Å². The molecule has 0 radical (unpaired) electrons. The second-order valence-corrected chi connectivity index (χ2v) is 5.53. The minimum absolute atomic E-state index is 0.190. The Balaban J connectivity index is 4.40. The Kier molecular flexibility index (Phi) is 12.4. The van der Waals surface area contributed by atoms with Gasteiger partial charge in [0, 0.05) is 38.6 Å². The molecule has 6 nitrogen and oxygen atoms in total. The van der Waals surface area contributed by atoms with Gasteiger partial charge in [-0.15, -0.1) is 0 Å². The van der Waals surface area contributed by atoms with Gasteiger partial charge in [-0.25, -0.2) is 0 Å². The number of amides is 1. The monoisotopic (exact) mass is 327 g/mol. The summed E-state index contributed by atoms with van der Waals surface area (Å²) in [6.45, 7) is 18.4. The van der Waals surface area contributed by atoms with Gasteiger partial charge in [-0.1, -0.05) is 13.8 Å². The van der Waals surface area contributed by atoms with Crippen LogP contribution in [0.5, 0.6) is 0 Å². The molecule has 6 heteroatoms. The highest BCUT2D eigenvalue weighted by atomic mass is 16.2. The first-order valence-electron chi connectivity index (χ1n) is 9.07. The van der Waals surface area contributed by atoms with Crippen LogP contribution in [0.4, 0.5) is 0 Å². The average molecular weight is 328 g/mol. The van der Waals surface area contributed by atoms with Crippen molar-refractivity contribution in [1.82, 2.24) is 20.4 Å². The second-order valence-electron chi connectivity index (χ2n) is 5.53. The summed E-state index contributed by atoms with van der Waals surface area (Å²) in [7, 11) is 0. The SMILES string of the molecule is CCNC(=NCC(C)N(CC)CC)NCCC(=O)N(CC)CC. The van der Waals surface area contributed by atoms with Crippen molar-refractivity contribution in [3.63, 3.8) is 0 Å². The maximum absolute atomic E-state index is 12.0. The van der Waals surface area contributed by atoms with Gasteiger partial charge in [-0.3, -0.25) is 14.7 Å². The Morgan fingerprint density at radius 3 is 2.09 bits per heavy atom. The lowest BCUT2D eigenvalue weighted by molar-refractivity contribution is -0.130. The van der Waals surface area contributed by atoms with E-state index in [0.717, 1.165) is 45.2 Å². The Morgan fingerprint density at radius 1 is 1.00 bits per heavy atom. The van der Waals surface area contributed by atoms with Gasteiger partial charge in [0.05, 0.1) is 6.54 Å². The molecule has 1 atom stereocenters. The van der Waals surface area contributed by atoms with E-state index in [4.69, 9.17) is 0 Å². The Labute approximate surface area is 142 Å². The molecule has 0 spiro atoms. The van der Waals surface area contributed by atoms with E-state index in [1.54, 1.807) is 0 Å². The molecule has 0 aliphatic carbocycles. The van der Waals surface area contributed by atoms with Crippen molar-refractivity contribution in [3.8, 4) is 0 Å². The van der Waals surface area contributed by atoms with Crippen molar-refractivity contribution >= 4 is 11.9 Å². The van der Waals surface area contributed by atoms with Gasteiger partial charge in [0.1, 0.15) is 0 Å². The fourth-order valence-corrected chi connectivity index (χ4v) is 2.55. The quantitative estimate of drug-likeness (QED) is 0.446. The number of nitrogens with zero attached hydrogens (tertiary/aromatic N) is 3. The average Bonchev–Trinajstić information content (AvgIpc) is 2.54. The molecule has 0 aromatic rings. The van der Waals surface area contributed by atoms with Crippen LogP contribution in [0, 0.1) is 0 Å². The predicted molar refractivity (Wildman–Crippen MR) is 98.9 cm³/mol. The number of likely N-dealkylation sites (N-methyl/N-ethyl adjacent to an activating group) is 1. The lowest BCUT2D eigenvalue weighted by Crippen LogP contribution is -2.41. The fraction of sp³-hybridized carbons (Fsp3) is 0.882. The van der Waals surface area contributed by atoms with E-state index >= 15 is 0 Å². The van der Waals surface area contributed by atoms with E-state index in [2.05, 4.69) is 41.3 Å². The number of aliphatic imine (C=N–C) groups is 1. The molecule has 0 heterocycles. The van der Waals surface area contributed by atoms with E-state index < -0.39 is 0 Å². The van der Waals surface area contributed by atoms with Crippen LogP contribution < -0.4 is 10.6 Å². The molecule has 2 N–H and O–H groups in total. The van der Waals surface area contributed by atoms with E-state index in [-0.39, 0.29) is 5.91 Å². The highest BCUT2D eigenvalue weighted by molar-refractivity contribution is 5.81. The third-order valence-corrected chi connectivity index (χ3v) is 4.04. The van der Waals surface area contributed by atoms with Crippen LogP contribution in [0.2, 0.25) is 0 Å². The molecule has 0 fully saturated rings. The number of carbonyl (C=O) groups is 1. The van der Waals surface area contributed by atoms with Gasteiger partial charge in [0.2, 0.25) is 5.91 Å². The summed E-state index contributed by atoms with van der Waals surface area (Å²) in [5, 5.41) is 6.50. The van der Waals surface area contributed by atoms with E-state index in [9.17, 15) is 4.79 Å². The van der Waals surface area contributed by atoms with Gasteiger partial charge in [0.25, 0.3) is 0 Å². The second kappa shape index (κ2) is 13.2. The number of hydrogen-bond donors (Lipinski definition) is 2. The van der Waals surface area contributed by atoms with Gasteiger partial charge in [-0.2, -0.15) is 0 Å². The normalized spacial score (nSPS) is 13.1. The van der Waals surface area contributed by atoms with E-state index in [0.29, 0.717) is 19.0 Å². The number of guanidine groups is 1. The third-order valence-electron chi connectivity index (χ3n) is 4.04. The molecule has 0 saturated carbocycles. The van der Waals surface area contributed by atoms with Crippen LogP contribution in [0.3, 0.4) is 0 Å². The molecular weight excluding hydrogens is 290 g/mol. The molecule has 0 aliphatic rings. The number of nitrogens with one attached hydrogen (secondary N) is 2. The summed E-state index contributed by atoms with van der Waals surface area (Å²) >= 11 is 0. The number of carbonyl (C=O) groups excluding carboxylic acids is 1. The first-order valence-corrected chi connectivity index (χ1v) is 9.07. The maximum atomic E-state index is 12.0. The van der Waals surface area contributed by atoms with Crippen LogP contribution in [-0.4, -0.2) is 73.5 Å². The smallest absolute Gasteiger partial charge is 0.224 e. The molecule has 0 rings (SSSR count). The first kappa shape index (κ1) is 21.7. The zero-order valence-electron chi connectivity index (χ0n) is 16.0.